The molecular weight excluding hydrogens is 238 g/mol. The molecule has 0 aliphatic heterocycles. The minimum absolute atomic E-state index is 0.750. The van der Waals surface area contributed by atoms with Crippen LogP contribution in [-0.2, 0) is 0 Å². The van der Waals surface area contributed by atoms with Crippen molar-refractivity contribution in [2.24, 2.45) is 0 Å². The van der Waals surface area contributed by atoms with Crippen molar-refractivity contribution in [1.82, 2.24) is 0 Å². The Balaban J connectivity index is 2.29. The van der Waals surface area contributed by atoms with Gasteiger partial charge in [0.2, 0.25) is 0 Å². The molecule has 0 amide bonds. The third-order valence-corrected chi connectivity index (χ3v) is 4.04. The van der Waals surface area contributed by atoms with E-state index >= 15 is 0 Å². The quantitative estimate of drug-likeness (QED) is 0.778. The predicted molar refractivity (Wildman–Crippen MR) is 75.9 cm³/mol. The Bertz CT molecular complexity index is 623. The second kappa shape index (κ2) is 5.29. The summed E-state index contributed by atoms with van der Waals surface area (Å²) in [6, 6.07) is 14.6. The Morgan fingerprint density at radius 1 is 0.944 bits per heavy atom. The third kappa shape index (κ3) is 2.75. The Kier molecular flexibility index (Phi) is 3.74. The molecule has 0 spiro atoms. The van der Waals surface area contributed by atoms with Crippen molar-refractivity contribution in [2.75, 3.05) is 0 Å². The van der Waals surface area contributed by atoms with Gasteiger partial charge in [-0.2, -0.15) is 5.26 Å². The van der Waals surface area contributed by atoms with E-state index in [0.717, 1.165) is 11.1 Å². The standard InChI is InChI=1S/C16H15NS/c1-11-4-7-16(13(3)8-11)18-15-6-5-14(10-17)12(2)9-15/h4-9H,1-3H3. The van der Waals surface area contributed by atoms with E-state index in [9.17, 15) is 0 Å². The Hall–Kier alpha value is -1.72. The maximum Gasteiger partial charge on any atom is 0.0994 e. The Morgan fingerprint density at radius 3 is 2.33 bits per heavy atom. The van der Waals surface area contributed by atoms with Crippen LogP contribution in [0.4, 0.5) is 0 Å². The fourth-order valence-electron chi connectivity index (χ4n) is 1.87. The van der Waals surface area contributed by atoms with Gasteiger partial charge in [-0.15, -0.1) is 0 Å². The van der Waals surface area contributed by atoms with Crippen molar-refractivity contribution in [3.05, 3.63) is 58.7 Å². The summed E-state index contributed by atoms with van der Waals surface area (Å²) in [7, 11) is 0. The molecule has 90 valence electrons. The van der Waals surface area contributed by atoms with Crippen LogP contribution in [0.1, 0.15) is 22.3 Å². The van der Waals surface area contributed by atoms with E-state index in [1.807, 2.05) is 19.1 Å². The van der Waals surface area contributed by atoms with E-state index < -0.39 is 0 Å². The molecule has 2 heteroatoms. The first-order valence-electron chi connectivity index (χ1n) is 5.86. The molecule has 0 radical (unpaired) electrons. The lowest BCUT2D eigenvalue weighted by atomic mass is 10.1. The van der Waals surface area contributed by atoms with Crippen LogP contribution in [0.3, 0.4) is 0 Å². The molecule has 18 heavy (non-hydrogen) atoms. The van der Waals surface area contributed by atoms with E-state index in [2.05, 4.69) is 44.2 Å². The summed E-state index contributed by atoms with van der Waals surface area (Å²) in [6.07, 6.45) is 0. The number of hydrogen-bond acceptors (Lipinski definition) is 2. The van der Waals surface area contributed by atoms with Gasteiger partial charge in [0.25, 0.3) is 0 Å². The molecule has 0 aromatic heterocycles. The summed E-state index contributed by atoms with van der Waals surface area (Å²) in [6.45, 7) is 6.21. The molecule has 0 saturated carbocycles. The predicted octanol–water partition coefficient (Wildman–Crippen LogP) is 4.63. The van der Waals surface area contributed by atoms with E-state index in [1.165, 1.54) is 20.9 Å². The van der Waals surface area contributed by atoms with Crippen LogP contribution in [-0.4, -0.2) is 0 Å². The van der Waals surface area contributed by atoms with Gasteiger partial charge in [-0.05, 0) is 56.2 Å². The van der Waals surface area contributed by atoms with Gasteiger partial charge in [-0.25, -0.2) is 0 Å². The molecule has 1 nitrogen and oxygen atoms in total. The molecule has 2 rings (SSSR count). The van der Waals surface area contributed by atoms with E-state index in [4.69, 9.17) is 5.26 Å². The van der Waals surface area contributed by atoms with E-state index in [0.29, 0.717) is 0 Å². The number of rotatable bonds is 2. The van der Waals surface area contributed by atoms with Crippen LogP contribution in [0.2, 0.25) is 0 Å². The minimum Gasteiger partial charge on any atom is -0.192 e. The fourth-order valence-corrected chi connectivity index (χ4v) is 2.85. The van der Waals surface area contributed by atoms with Gasteiger partial charge in [0.05, 0.1) is 11.6 Å². The van der Waals surface area contributed by atoms with Gasteiger partial charge in [0.1, 0.15) is 0 Å². The highest BCUT2D eigenvalue weighted by Gasteiger charge is 2.04. The zero-order valence-electron chi connectivity index (χ0n) is 10.8. The topological polar surface area (TPSA) is 23.8 Å². The highest BCUT2D eigenvalue weighted by molar-refractivity contribution is 7.99. The monoisotopic (exact) mass is 253 g/mol. The fraction of sp³-hybridized carbons (Fsp3) is 0.188. The summed E-state index contributed by atoms with van der Waals surface area (Å²) in [5.41, 5.74) is 4.36. The summed E-state index contributed by atoms with van der Waals surface area (Å²) >= 11 is 1.75. The minimum atomic E-state index is 0.750. The molecule has 0 heterocycles. The molecule has 0 fully saturated rings. The average Bonchev–Trinajstić information content (AvgIpc) is 2.33. The van der Waals surface area contributed by atoms with Crippen LogP contribution in [0, 0.1) is 32.1 Å². The van der Waals surface area contributed by atoms with E-state index in [-0.39, 0.29) is 0 Å². The molecule has 0 atom stereocenters. The first kappa shape index (κ1) is 12.7. The van der Waals surface area contributed by atoms with Crippen molar-refractivity contribution in [3.63, 3.8) is 0 Å². The van der Waals surface area contributed by atoms with Crippen molar-refractivity contribution in [2.45, 2.75) is 30.6 Å². The maximum absolute atomic E-state index is 8.92. The van der Waals surface area contributed by atoms with Gasteiger partial charge < -0.3 is 0 Å². The summed E-state index contributed by atoms with van der Waals surface area (Å²) in [4.78, 5) is 2.45. The Morgan fingerprint density at radius 2 is 1.72 bits per heavy atom. The zero-order chi connectivity index (χ0) is 13.1. The van der Waals surface area contributed by atoms with Gasteiger partial charge >= 0.3 is 0 Å². The van der Waals surface area contributed by atoms with Gasteiger partial charge in [-0.1, -0.05) is 29.5 Å². The highest BCUT2D eigenvalue weighted by atomic mass is 32.2. The number of aryl methyl sites for hydroxylation is 3. The highest BCUT2D eigenvalue weighted by Crippen LogP contribution is 2.31. The van der Waals surface area contributed by atoms with Crippen molar-refractivity contribution in [3.8, 4) is 6.07 Å². The molecular formula is C16H15NS. The Labute approximate surface area is 112 Å². The first-order chi connectivity index (χ1) is 8.60. The van der Waals surface area contributed by atoms with Gasteiger partial charge in [-0.3, -0.25) is 0 Å². The van der Waals surface area contributed by atoms with Crippen molar-refractivity contribution >= 4 is 11.8 Å². The second-order valence-corrected chi connectivity index (χ2v) is 5.57. The number of nitriles is 1. The summed E-state index contributed by atoms with van der Waals surface area (Å²) in [5, 5.41) is 8.92. The summed E-state index contributed by atoms with van der Waals surface area (Å²) in [5.74, 6) is 0. The van der Waals surface area contributed by atoms with Gasteiger partial charge in [0.15, 0.2) is 0 Å². The van der Waals surface area contributed by atoms with Crippen LogP contribution in [0.5, 0.6) is 0 Å². The molecule has 0 saturated heterocycles. The SMILES string of the molecule is Cc1ccc(Sc2ccc(C#N)c(C)c2)c(C)c1. The average molecular weight is 253 g/mol. The molecule has 0 bridgehead atoms. The molecule has 0 aliphatic carbocycles. The zero-order valence-corrected chi connectivity index (χ0v) is 11.6. The van der Waals surface area contributed by atoms with Crippen LogP contribution in [0.25, 0.3) is 0 Å². The molecule has 2 aromatic carbocycles. The number of nitrogens with zero attached hydrogens (tertiary/aromatic N) is 1. The first-order valence-corrected chi connectivity index (χ1v) is 6.67. The van der Waals surface area contributed by atoms with E-state index in [1.54, 1.807) is 11.8 Å². The number of benzene rings is 2. The molecule has 0 aliphatic rings. The summed E-state index contributed by atoms with van der Waals surface area (Å²) < 4.78 is 0. The van der Waals surface area contributed by atoms with Crippen LogP contribution < -0.4 is 0 Å². The molecule has 0 unspecified atom stereocenters. The molecule has 2 aromatic rings. The normalized spacial score (nSPS) is 10.1. The van der Waals surface area contributed by atoms with Gasteiger partial charge in [0, 0.05) is 9.79 Å². The lowest BCUT2D eigenvalue weighted by Gasteiger charge is -2.07. The lowest BCUT2D eigenvalue weighted by Crippen LogP contribution is -1.85. The van der Waals surface area contributed by atoms with Crippen LogP contribution in [0.15, 0.2) is 46.2 Å². The molecule has 0 N–H and O–H groups in total. The van der Waals surface area contributed by atoms with Crippen LogP contribution >= 0.6 is 11.8 Å². The maximum atomic E-state index is 8.92. The van der Waals surface area contributed by atoms with Crippen molar-refractivity contribution < 1.29 is 0 Å². The largest absolute Gasteiger partial charge is 0.192 e. The van der Waals surface area contributed by atoms with Crippen molar-refractivity contribution in [1.29, 1.82) is 5.26 Å². The third-order valence-electron chi connectivity index (χ3n) is 2.88. The smallest absolute Gasteiger partial charge is 0.0994 e. The second-order valence-electron chi connectivity index (χ2n) is 4.46. The number of hydrogen-bond donors (Lipinski definition) is 0. The lowest BCUT2D eigenvalue weighted by molar-refractivity contribution is 1.25.